The van der Waals surface area contributed by atoms with Crippen LogP contribution in [0.5, 0.6) is 0 Å². The molecule has 17 heavy (non-hydrogen) atoms. The summed E-state index contributed by atoms with van der Waals surface area (Å²) in [6.45, 7) is 4.13. The van der Waals surface area contributed by atoms with E-state index in [4.69, 9.17) is 0 Å². The lowest BCUT2D eigenvalue weighted by atomic mass is 10.1. The lowest BCUT2D eigenvalue weighted by Crippen LogP contribution is -1.88. The van der Waals surface area contributed by atoms with Gasteiger partial charge in [0, 0.05) is 10.8 Å². The molecule has 3 rings (SSSR count). The Balaban J connectivity index is 2.25. The molecule has 0 N–H and O–H groups in total. The summed E-state index contributed by atoms with van der Waals surface area (Å²) in [6, 6.07) is 10.3. The molecule has 2 heterocycles. The molecule has 2 aromatic heterocycles. The lowest BCUT2D eigenvalue weighted by molar-refractivity contribution is 1.26. The van der Waals surface area contributed by atoms with Crippen LogP contribution in [0.2, 0.25) is 0 Å². The van der Waals surface area contributed by atoms with Crippen molar-refractivity contribution in [2.75, 3.05) is 0 Å². The van der Waals surface area contributed by atoms with E-state index in [-0.39, 0.29) is 0 Å². The Morgan fingerprint density at radius 1 is 1.00 bits per heavy atom. The van der Waals surface area contributed by atoms with Gasteiger partial charge in [-0.1, -0.05) is 18.2 Å². The number of hydrogen-bond donors (Lipinski definition) is 0. The molecule has 2 nitrogen and oxygen atoms in total. The third-order valence-electron chi connectivity index (χ3n) is 2.80. The maximum atomic E-state index is 4.66. The Kier molecular flexibility index (Phi) is 2.41. The second-order valence-corrected chi connectivity index (χ2v) is 5.16. The number of aryl methyl sites for hydroxylation is 2. The summed E-state index contributed by atoms with van der Waals surface area (Å²) in [5.74, 6) is 0. The van der Waals surface area contributed by atoms with Crippen LogP contribution in [-0.4, -0.2) is 9.97 Å². The van der Waals surface area contributed by atoms with Gasteiger partial charge in [0.1, 0.15) is 0 Å². The number of hydrogen-bond acceptors (Lipinski definition) is 3. The van der Waals surface area contributed by atoms with E-state index in [0.29, 0.717) is 0 Å². The molecule has 0 aliphatic heterocycles. The van der Waals surface area contributed by atoms with Gasteiger partial charge in [-0.15, -0.1) is 11.3 Å². The molecule has 0 unspecified atom stereocenters. The van der Waals surface area contributed by atoms with Gasteiger partial charge in [-0.2, -0.15) is 0 Å². The van der Waals surface area contributed by atoms with Gasteiger partial charge in [-0.3, -0.25) is 0 Å². The molecule has 0 amide bonds. The normalized spacial score (nSPS) is 10.9. The van der Waals surface area contributed by atoms with Crippen molar-refractivity contribution in [3.05, 3.63) is 46.3 Å². The molecule has 0 aliphatic rings. The summed E-state index contributed by atoms with van der Waals surface area (Å²) < 4.78 is 0. The molecule has 1 aromatic carbocycles. The van der Waals surface area contributed by atoms with Crippen molar-refractivity contribution in [1.82, 2.24) is 9.97 Å². The summed E-state index contributed by atoms with van der Waals surface area (Å²) in [5, 5.41) is 4.35. The second kappa shape index (κ2) is 3.93. The van der Waals surface area contributed by atoms with Crippen molar-refractivity contribution in [3.63, 3.8) is 0 Å². The van der Waals surface area contributed by atoms with Gasteiger partial charge >= 0.3 is 0 Å². The fourth-order valence-electron chi connectivity index (χ4n) is 1.96. The first-order valence-electron chi connectivity index (χ1n) is 5.53. The monoisotopic (exact) mass is 240 g/mol. The van der Waals surface area contributed by atoms with Crippen LogP contribution < -0.4 is 0 Å². The molecule has 0 aliphatic carbocycles. The Morgan fingerprint density at radius 3 is 2.59 bits per heavy atom. The van der Waals surface area contributed by atoms with E-state index in [0.717, 1.165) is 21.9 Å². The first-order valence-corrected chi connectivity index (χ1v) is 6.41. The van der Waals surface area contributed by atoms with Crippen LogP contribution in [-0.2, 0) is 0 Å². The van der Waals surface area contributed by atoms with E-state index in [2.05, 4.69) is 34.4 Å². The summed E-state index contributed by atoms with van der Waals surface area (Å²) in [4.78, 5) is 9.15. The average molecular weight is 240 g/mol. The zero-order chi connectivity index (χ0) is 11.8. The standard InChI is InChI=1S/C14H12N2S/c1-9-7-13(14-8-17-10(2)15-14)16-12-6-4-3-5-11(9)12/h3-8H,1-2H3. The molecular formula is C14H12N2S. The number of para-hydroxylation sites is 1. The molecule has 0 fully saturated rings. The number of benzene rings is 1. The Bertz CT molecular complexity index is 686. The maximum absolute atomic E-state index is 4.66. The topological polar surface area (TPSA) is 25.8 Å². The minimum atomic E-state index is 0.963. The second-order valence-electron chi connectivity index (χ2n) is 4.09. The number of pyridine rings is 1. The van der Waals surface area contributed by atoms with Crippen molar-refractivity contribution in [1.29, 1.82) is 0 Å². The Hall–Kier alpha value is -1.74. The Morgan fingerprint density at radius 2 is 1.82 bits per heavy atom. The highest BCUT2D eigenvalue weighted by Gasteiger charge is 2.06. The van der Waals surface area contributed by atoms with Crippen molar-refractivity contribution < 1.29 is 0 Å². The van der Waals surface area contributed by atoms with Crippen molar-refractivity contribution in [2.24, 2.45) is 0 Å². The van der Waals surface area contributed by atoms with E-state index in [1.54, 1.807) is 11.3 Å². The molecule has 0 bridgehead atoms. The van der Waals surface area contributed by atoms with E-state index in [1.807, 2.05) is 25.1 Å². The molecule has 0 saturated carbocycles. The van der Waals surface area contributed by atoms with Crippen LogP contribution in [0, 0.1) is 13.8 Å². The highest BCUT2D eigenvalue weighted by Crippen LogP contribution is 2.25. The number of aromatic nitrogens is 2. The van der Waals surface area contributed by atoms with Gasteiger partial charge in [0.2, 0.25) is 0 Å². The smallest absolute Gasteiger partial charge is 0.0998 e. The van der Waals surface area contributed by atoms with Gasteiger partial charge in [0.15, 0.2) is 0 Å². The predicted molar refractivity (Wildman–Crippen MR) is 72.3 cm³/mol. The Labute approximate surface area is 104 Å². The quantitative estimate of drug-likeness (QED) is 0.643. The molecule has 0 saturated heterocycles. The van der Waals surface area contributed by atoms with Gasteiger partial charge in [0.25, 0.3) is 0 Å². The van der Waals surface area contributed by atoms with Crippen molar-refractivity contribution in [3.8, 4) is 11.4 Å². The first kappa shape index (κ1) is 10.4. The van der Waals surface area contributed by atoms with Crippen LogP contribution in [0.1, 0.15) is 10.6 Å². The highest BCUT2D eigenvalue weighted by molar-refractivity contribution is 7.09. The van der Waals surface area contributed by atoms with Crippen LogP contribution >= 0.6 is 11.3 Å². The van der Waals surface area contributed by atoms with Gasteiger partial charge in [-0.25, -0.2) is 9.97 Å². The largest absolute Gasteiger partial charge is 0.246 e. The summed E-state index contributed by atoms with van der Waals surface area (Å²) >= 11 is 1.66. The van der Waals surface area contributed by atoms with Crippen LogP contribution in [0.15, 0.2) is 35.7 Å². The third kappa shape index (κ3) is 1.83. The number of rotatable bonds is 1. The van der Waals surface area contributed by atoms with Crippen LogP contribution in [0.25, 0.3) is 22.3 Å². The van der Waals surface area contributed by atoms with Gasteiger partial charge < -0.3 is 0 Å². The number of fused-ring (bicyclic) bond motifs is 1. The average Bonchev–Trinajstić information content (AvgIpc) is 2.76. The van der Waals surface area contributed by atoms with Crippen molar-refractivity contribution >= 4 is 22.2 Å². The fraction of sp³-hybridized carbons (Fsp3) is 0.143. The zero-order valence-electron chi connectivity index (χ0n) is 9.77. The van der Waals surface area contributed by atoms with E-state index < -0.39 is 0 Å². The third-order valence-corrected chi connectivity index (χ3v) is 3.58. The fourth-order valence-corrected chi connectivity index (χ4v) is 2.57. The number of nitrogens with zero attached hydrogens (tertiary/aromatic N) is 2. The van der Waals surface area contributed by atoms with Gasteiger partial charge in [0.05, 0.1) is 21.9 Å². The molecule has 3 heteroatoms. The molecule has 0 atom stereocenters. The zero-order valence-corrected chi connectivity index (χ0v) is 10.6. The van der Waals surface area contributed by atoms with E-state index >= 15 is 0 Å². The minimum absolute atomic E-state index is 0.963. The molecule has 0 radical (unpaired) electrons. The molecule has 0 spiro atoms. The molecule has 84 valence electrons. The summed E-state index contributed by atoms with van der Waals surface area (Å²) in [5.41, 5.74) is 4.22. The van der Waals surface area contributed by atoms with Crippen LogP contribution in [0.3, 0.4) is 0 Å². The van der Waals surface area contributed by atoms with Crippen LogP contribution in [0.4, 0.5) is 0 Å². The lowest BCUT2D eigenvalue weighted by Gasteiger charge is -2.04. The van der Waals surface area contributed by atoms with E-state index in [1.165, 1.54) is 10.9 Å². The number of thiazole rings is 1. The highest BCUT2D eigenvalue weighted by atomic mass is 32.1. The molecular weight excluding hydrogens is 228 g/mol. The SMILES string of the molecule is Cc1nc(-c2cc(C)c3ccccc3n2)cs1. The first-order chi connectivity index (χ1) is 8.24. The van der Waals surface area contributed by atoms with E-state index in [9.17, 15) is 0 Å². The summed E-state index contributed by atoms with van der Waals surface area (Å²) in [7, 11) is 0. The summed E-state index contributed by atoms with van der Waals surface area (Å²) in [6.07, 6.45) is 0. The molecule has 3 aromatic rings. The van der Waals surface area contributed by atoms with Crippen molar-refractivity contribution in [2.45, 2.75) is 13.8 Å². The minimum Gasteiger partial charge on any atom is -0.246 e. The predicted octanol–water partition coefficient (Wildman–Crippen LogP) is 3.98. The van der Waals surface area contributed by atoms with Gasteiger partial charge in [-0.05, 0) is 31.5 Å². The maximum Gasteiger partial charge on any atom is 0.0998 e.